The molecule has 0 aromatic carbocycles. The second-order valence-electron chi connectivity index (χ2n) is 4.15. The Kier molecular flexibility index (Phi) is 4.30. The summed E-state index contributed by atoms with van der Waals surface area (Å²) >= 11 is 0. The van der Waals surface area contributed by atoms with E-state index < -0.39 is 0 Å². The molecule has 2 aromatic heterocycles. The fourth-order valence-electron chi connectivity index (χ4n) is 1.66. The molecule has 0 saturated carbocycles. The van der Waals surface area contributed by atoms with Crippen LogP contribution in [0.1, 0.15) is 34.8 Å². The van der Waals surface area contributed by atoms with Gasteiger partial charge in [-0.25, -0.2) is 4.79 Å². The van der Waals surface area contributed by atoms with E-state index >= 15 is 0 Å². The first kappa shape index (κ1) is 13.3. The molecule has 0 amide bonds. The molecule has 0 unspecified atom stereocenters. The maximum atomic E-state index is 11.3. The minimum atomic E-state index is -0.379. The first-order valence-electron chi connectivity index (χ1n) is 6.00. The SMILES string of the molecule is COC(=O)c1ccc(CN[C@H](C)c2ccco2)nc1. The molecule has 19 heavy (non-hydrogen) atoms. The first-order valence-corrected chi connectivity index (χ1v) is 6.00. The number of carbonyl (C=O) groups is 1. The lowest BCUT2D eigenvalue weighted by atomic mass is 10.2. The van der Waals surface area contributed by atoms with Crippen LogP contribution in [0, 0.1) is 0 Å². The molecule has 0 saturated heterocycles. The van der Waals surface area contributed by atoms with Crippen LogP contribution in [0.2, 0.25) is 0 Å². The van der Waals surface area contributed by atoms with Gasteiger partial charge in [0.2, 0.25) is 0 Å². The number of nitrogens with zero attached hydrogens (tertiary/aromatic N) is 1. The zero-order chi connectivity index (χ0) is 13.7. The van der Waals surface area contributed by atoms with Crippen molar-refractivity contribution in [2.24, 2.45) is 0 Å². The van der Waals surface area contributed by atoms with Gasteiger partial charge < -0.3 is 14.5 Å². The average molecular weight is 260 g/mol. The van der Waals surface area contributed by atoms with E-state index in [1.54, 1.807) is 18.4 Å². The van der Waals surface area contributed by atoms with Gasteiger partial charge in [0.1, 0.15) is 5.76 Å². The van der Waals surface area contributed by atoms with Crippen LogP contribution in [0.5, 0.6) is 0 Å². The van der Waals surface area contributed by atoms with Crippen LogP contribution in [-0.2, 0) is 11.3 Å². The van der Waals surface area contributed by atoms with Crippen molar-refractivity contribution in [1.82, 2.24) is 10.3 Å². The summed E-state index contributed by atoms with van der Waals surface area (Å²) in [5.41, 5.74) is 1.30. The van der Waals surface area contributed by atoms with Gasteiger partial charge in [-0.2, -0.15) is 0 Å². The molecule has 0 aliphatic rings. The fourth-order valence-corrected chi connectivity index (χ4v) is 1.66. The largest absolute Gasteiger partial charge is 0.468 e. The number of rotatable bonds is 5. The van der Waals surface area contributed by atoms with Crippen molar-refractivity contribution < 1.29 is 13.9 Å². The molecule has 0 spiro atoms. The highest BCUT2D eigenvalue weighted by molar-refractivity contribution is 5.88. The predicted molar refractivity (Wildman–Crippen MR) is 69.5 cm³/mol. The Labute approximate surface area is 111 Å². The van der Waals surface area contributed by atoms with E-state index in [-0.39, 0.29) is 12.0 Å². The third kappa shape index (κ3) is 3.42. The average Bonchev–Trinajstić information content (AvgIpc) is 2.98. The molecular weight excluding hydrogens is 244 g/mol. The van der Waals surface area contributed by atoms with E-state index in [2.05, 4.69) is 15.0 Å². The fraction of sp³-hybridized carbons (Fsp3) is 0.286. The minimum Gasteiger partial charge on any atom is -0.468 e. The molecule has 5 heteroatoms. The lowest BCUT2D eigenvalue weighted by molar-refractivity contribution is 0.0600. The number of hydrogen-bond acceptors (Lipinski definition) is 5. The molecule has 0 aliphatic heterocycles. The number of furan rings is 1. The number of carbonyl (C=O) groups excluding carboxylic acids is 1. The first-order chi connectivity index (χ1) is 9.20. The Balaban J connectivity index is 1.91. The van der Waals surface area contributed by atoms with Crippen molar-refractivity contribution in [1.29, 1.82) is 0 Å². The summed E-state index contributed by atoms with van der Waals surface area (Å²) in [7, 11) is 1.35. The maximum Gasteiger partial charge on any atom is 0.339 e. The van der Waals surface area contributed by atoms with Crippen LogP contribution in [-0.4, -0.2) is 18.1 Å². The van der Waals surface area contributed by atoms with E-state index in [4.69, 9.17) is 4.42 Å². The van der Waals surface area contributed by atoms with Gasteiger partial charge >= 0.3 is 5.97 Å². The number of nitrogens with one attached hydrogen (secondary N) is 1. The number of aromatic nitrogens is 1. The Morgan fingerprint density at radius 2 is 2.32 bits per heavy atom. The quantitative estimate of drug-likeness (QED) is 0.836. The van der Waals surface area contributed by atoms with E-state index in [0.29, 0.717) is 12.1 Å². The Morgan fingerprint density at radius 3 is 2.89 bits per heavy atom. The maximum absolute atomic E-state index is 11.3. The van der Waals surface area contributed by atoms with Crippen LogP contribution in [0.4, 0.5) is 0 Å². The molecule has 5 nitrogen and oxygen atoms in total. The molecule has 1 atom stereocenters. The van der Waals surface area contributed by atoms with Crippen LogP contribution in [0.3, 0.4) is 0 Å². The lowest BCUT2D eigenvalue weighted by Gasteiger charge is -2.10. The number of pyridine rings is 1. The lowest BCUT2D eigenvalue weighted by Crippen LogP contribution is -2.18. The predicted octanol–water partition coefficient (Wildman–Crippen LogP) is 2.31. The third-order valence-corrected chi connectivity index (χ3v) is 2.81. The van der Waals surface area contributed by atoms with Crippen molar-refractivity contribution in [2.45, 2.75) is 19.5 Å². The van der Waals surface area contributed by atoms with E-state index in [0.717, 1.165) is 11.5 Å². The van der Waals surface area contributed by atoms with Gasteiger partial charge in [-0.05, 0) is 31.2 Å². The van der Waals surface area contributed by atoms with Crippen molar-refractivity contribution in [2.75, 3.05) is 7.11 Å². The normalized spacial score (nSPS) is 12.1. The number of ether oxygens (including phenoxy) is 1. The molecule has 0 aliphatic carbocycles. The van der Waals surface area contributed by atoms with Gasteiger partial charge in [0.05, 0.1) is 30.7 Å². The van der Waals surface area contributed by atoms with Crippen molar-refractivity contribution in [3.8, 4) is 0 Å². The van der Waals surface area contributed by atoms with E-state index in [1.807, 2.05) is 19.1 Å². The highest BCUT2D eigenvalue weighted by Gasteiger charge is 2.09. The zero-order valence-electron chi connectivity index (χ0n) is 10.9. The van der Waals surface area contributed by atoms with Crippen LogP contribution in [0.25, 0.3) is 0 Å². The Hall–Kier alpha value is -2.14. The van der Waals surface area contributed by atoms with Crippen molar-refractivity contribution in [3.05, 3.63) is 53.7 Å². The van der Waals surface area contributed by atoms with E-state index in [9.17, 15) is 4.79 Å². The van der Waals surface area contributed by atoms with Gasteiger partial charge in [0.15, 0.2) is 0 Å². The minimum absolute atomic E-state index is 0.108. The summed E-state index contributed by atoms with van der Waals surface area (Å²) in [6.45, 7) is 2.62. The molecule has 0 bridgehead atoms. The summed E-state index contributed by atoms with van der Waals surface area (Å²) in [6, 6.07) is 7.39. The second-order valence-corrected chi connectivity index (χ2v) is 4.15. The second kappa shape index (κ2) is 6.15. The summed E-state index contributed by atoms with van der Waals surface area (Å²) in [4.78, 5) is 15.5. The number of methoxy groups -OCH3 is 1. The summed E-state index contributed by atoms with van der Waals surface area (Å²) in [5.74, 6) is 0.502. The molecule has 0 radical (unpaired) electrons. The van der Waals surface area contributed by atoms with Crippen LogP contribution < -0.4 is 5.32 Å². The van der Waals surface area contributed by atoms with Gasteiger partial charge in [-0.3, -0.25) is 4.98 Å². The molecular formula is C14H16N2O3. The third-order valence-electron chi connectivity index (χ3n) is 2.81. The van der Waals surface area contributed by atoms with Crippen LogP contribution in [0.15, 0.2) is 41.1 Å². The summed E-state index contributed by atoms with van der Waals surface area (Å²) in [5, 5.41) is 3.29. The molecule has 2 aromatic rings. The van der Waals surface area contributed by atoms with Gasteiger partial charge in [-0.15, -0.1) is 0 Å². The molecule has 2 heterocycles. The van der Waals surface area contributed by atoms with Gasteiger partial charge in [0.25, 0.3) is 0 Å². The molecule has 2 rings (SSSR count). The molecule has 0 fully saturated rings. The number of esters is 1. The summed E-state index contributed by atoms with van der Waals surface area (Å²) in [6.07, 6.45) is 3.16. The monoisotopic (exact) mass is 260 g/mol. The highest BCUT2D eigenvalue weighted by Crippen LogP contribution is 2.12. The van der Waals surface area contributed by atoms with Crippen LogP contribution >= 0.6 is 0 Å². The van der Waals surface area contributed by atoms with Gasteiger partial charge in [-0.1, -0.05) is 0 Å². The standard InChI is InChI=1S/C14H16N2O3/c1-10(13-4-3-7-19-13)15-9-12-6-5-11(8-16-12)14(17)18-2/h3-8,10,15H,9H2,1-2H3/t10-/m1/s1. The zero-order valence-corrected chi connectivity index (χ0v) is 10.9. The van der Waals surface area contributed by atoms with Crippen molar-refractivity contribution >= 4 is 5.97 Å². The molecule has 1 N–H and O–H groups in total. The topological polar surface area (TPSA) is 64.4 Å². The van der Waals surface area contributed by atoms with Crippen molar-refractivity contribution in [3.63, 3.8) is 0 Å². The number of hydrogen-bond donors (Lipinski definition) is 1. The van der Waals surface area contributed by atoms with Gasteiger partial charge in [0, 0.05) is 12.7 Å². The Morgan fingerprint density at radius 1 is 1.47 bits per heavy atom. The summed E-state index contributed by atoms with van der Waals surface area (Å²) < 4.78 is 9.92. The highest BCUT2D eigenvalue weighted by atomic mass is 16.5. The van der Waals surface area contributed by atoms with E-state index in [1.165, 1.54) is 13.3 Å². The smallest absolute Gasteiger partial charge is 0.339 e. The Bertz CT molecular complexity index is 520. The molecule has 100 valence electrons.